The van der Waals surface area contributed by atoms with Crippen LogP contribution >= 0.6 is 0 Å². The Kier molecular flexibility index (Phi) is 8.11. The highest BCUT2D eigenvalue weighted by molar-refractivity contribution is 6.05. The molecular weight excluding hydrogens is 633 g/mol. The predicted octanol–water partition coefficient (Wildman–Crippen LogP) is 12.1. The van der Waals surface area contributed by atoms with E-state index in [9.17, 15) is 0 Å². The normalized spacial score (nSPS) is 11.2. The summed E-state index contributed by atoms with van der Waals surface area (Å²) >= 11 is 0. The van der Waals surface area contributed by atoms with E-state index in [1.165, 1.54) is 5.56 Å². The quantitative estimate of drug-likeness (QED) is 0.159. The smallest absolute Gasteiger partial charge is 0.160 e. The largest absolute Gasteiger partial charge is 0.245 e. The molecule has 52 heavy (non-hydrogen) atoms. The van der Waals surface area contributed by atoms with Gasteiger partial charge in [-0.15, -0.1) is 0 Å². The fourth-order valence-electron chi connectivity index (χ4n) is 6.94. The van der Waals surface area contributed by atoms with Gasteiger partial charge in [-0.3, -0.25) is 0 Å². The first-order chi connectivity index (χ1) is 25.7. The molecule has 0 amide bonds. The number of hydrogen-bond donors (Lipinski definition) is 0. The molecule has 0 atom stereocenters. The third kappa shape index (κ3) is 6.01. The summed E-state index contributed by atoms with van der Waals surface area (Å²) in [5, 5.41) is 2.23. The van der Waals surface area contributed by atoms with Crippen molar-refractivity contribution in [2.45, 2.75) is 13.3 Å². The van der Waals surface area contributed by atoms with Gasteiger partial charge in [0.1, 0.15) is 0 Å². The molecule has 0 saturated carbocycles. The third-order valence-electron chi connectivity index (χ3n) is 9.65. The van der Waals surface area contributed by atoms with Gasteiger partial charge in [0.25, 0.3) is 0 Å². The van der Waals surface area contributed by atoms with Gasteiger partial charge in [-0.1, -0.05) is 153 Å². The van der Waals surface area contributed by atoms with Gasteiger partial charge in [-0.25, -0.2) is 19.9 Å². The van der Waals surface area contributed by atoms with Gasteiger partial charge in [0, 0.05) is 38.6 Å². The van der Waals surface area contributed by atoms with Crippen molar-refractivity contribution in [3.8, 4) is 67.5 Å². The second kappa shape index (κ2) is 13.5. The zero-order valence-corrected chi connectivity index (χ0v) is 28.7. The molecule has 246 valence electrons. The van der Waals surface area contributed by atoms with Crippen LogP contribution in [0.15, 0.2) is 176 Å². The molecule has 3 aromatic heterocycles. The van der Waals surface area contributed by atoms with Crippen LogP contribution in [0, 0.1) is 0 Å². The van der Waals surface area contributed by atoms with Crippen LogP contribution in [0.1, 0.15) is 12.5 Å². The molecule has 0 radical (unpaired) electrons. The van der Waals surface area contributed by atoms with E-state index in [1.807, 2.05) is 42.5 Å². The first kappa shape index (κ1) is 31.2. The third-order valence-corrected chi connectivity index (χ3v) is 9.65. The van der Waals surface area contributed by atoms with E-state index in [2.05, 4.69) is 140 Å². The molecule has 0 bridgehead atoms. The van der Waals surface area contributed by atoms with E-state index in [1.54, 1.807) is 0 Å². The van der Waals surface area contributed by atoms with Crippen LogP contribution in [0.3, 0.4) is 0 Å². The predicted molar refractivity (Wildman–Crippen MR) is 215 cm³/mol. The summed E-state index contributed by atoms with van der Waals surface area (Å²) in [5.41, 5.74) is 14.2. The lowest BCUT2D eigenvalue weighted by Crippen LogP contribution is -1.96. The van der Waals surface area contributed by atoms with Crippen molar-refractivity contribution in [1.29, 1.82) is 0 Å². The van der Waals surface area contributed by atoms with E-state index in [0.717, 1.165) is 89.9 Å². The van der Waals surface area contributed by atoms with Crippen LogP contribution in [-0.2, 0) is 6.42 Å². The Morgan fingerprint density at radius 1 is 0.346 bits per heavy atom. The lowest BCUT2D eigenvalue weighted by Gasteiger charge is -2.13. The van der Waals surface area contributed by atoms with Crippen LogP contribution < -0.4 is 0 Å². The molecule has 3 heterocycles. The van der Waals surface area contributed by atoms with E-state index < -0.39 is 0 Å². The molecule has 6 aromatic carbocycles. The number of pyridine rings is 2. The van der Waals surface area contributed by atoms with Crippen LogP contribution in [0.4, 0.5) is 0 Å². The minimum atomic E-state index is 0.705. The molecule has 0 aliphatic heterocycles. The van der Waals surface area contributed by atoms with Gasteiger partial charge in [0.15, 0.2) is 5.82 Å². The molecule has 4 nitrogen and oxygen atoms in total. The minimum Gasteiger partial charge on any atom is -0.245 e. The van der Waals surface area contributed by atoms with Crippen LogP contribution in [0.5, 0.6) is 0 Å². The average Bonchev–Trinajstić information content (AvgIpc) is 3.24. The number of fused-ring (bicyclic) bond motifs is 3. The van der Waals surface area contributed by atoms with Crippen molar-refractivity contribution in [3.05, 3.63) is 181 Å². The maximum Gasteiger partial charge on any atom is 0.160 e. The second-order valence-electron chi connectivity index (χ2n) is 13.0. The Labute approximate surface area is 303 Å². The summed E-state index contributed by atoms with van der Waals surface area (Å²) in [6.07, 6.45) is 0.895. The molecule has 0 N–H and O–H groups in total. The molecule has 0 spiro atoms. The van der Waals surface area contributed by atoms with Crippen molar-refractivity contribution in [3.63, 3.8) is 0 Å². The minimum absolute atomic E-state index is 0.705. The number of benzene rings is 6. The monoisotopic (exact) mass is 666 g/mol. The lowest BCUT2D eigenvalue weighted by molar-refractivity contribution is 1.15. The maximum absolute atomic E-state index is 5.31. The van der Waals surface area contributed by atoms with E-state index in [4.69, 9.17) is 19.9 Å². The summed E-state index contributed by atoms with van der Waals surface area (Å²) in [5.74, 6) is 0.705. The highest BCUT2D eigenvalue weighted by Crippen LogP contribution is 2.34. The van der Waals surface area contributed by atoms with E-state index in [0.29, 0.717) is 5.82 Å². The standard InChI is InChI=1S/C48H34N4/c1-2-32-30-43(50-47-41(32)26-24-35-25-27-42(49-46(35)47)33-14-6-3-7-15-33)39-22-12-20-37(28-39)38-21-13-23-40(29-38)45-31-44(34-16-8-4-9-17-34)51-48(52-45)36-18-10-5-11-19-36/h3-31H,2H2,1H3. The lowest BCUT2D eigenvalue weighted by atomic mass is 9.96. The topological polar surface area (TPSA) is 51.6 Å². The number of aromatic nitrogens is 4. The zero-order chi connectivity index (χ0) is 34.9. The Morgan fingerprint density at radius 2 is 0.827 bits per heavy atom. The van der Waals surface area contributed by atoms with Gasteiger partial charge < -0.3 is 0 Å². The summed E-state index contributed by atoms with van der Waals surface area (Å²) in [4.78, 5) is 20.5. The molecule has 0 aliphatic carbocycles. The van der Waals surface area contributed by atoms with Crippen LogP contribution in [-0.4, -0.2) is 19.9 Å². The first-order valence-electron chi connectivity index (χ1n) is 17.7. The van der Waals surface area contributed by atoms with Gasteiger partial charge >= 0.3 is 0 Å². The summed E-state index contributed by atoms with van der Waals surface area (Å²) < 4.78 is 0. The highest BCUT2D eigenvalue weighted by atomic mass is 14.9. The Morgan fingerprint density at radius 3 is 1.44 bits per heavy atom. The number of aryl methyl sites for hydroxylation is 1. The Hall–Kier alpha value is -6.78. The van der Waals surface area contributed by atoms with Gasteiger partial charge in [0.2, 0.25) is 0 Å². The Balaban J connectivity index is 1.13. The van der Waals surface area contributed by atoms with Gasteiger partial charge in [-0.2, -0.15) is 0 Å². The number of nitrogens with zero attached hydrogens (tertiary/aromatic N) is 4. The second-order valence-corrected chi connectivity index (χ2v) is 13.0. The summed E-state index contributed by atoms with van der Waals surface area (Å²) in [6.45, 7) is 2.21. The number of rotatable bonds is 7. The molecule has 0 unspecified atom stereocenters. The SMILES string of the molecule is CCc1cc(-c2cccc(-c3cccc(-c4cc(-c5ccccc5)nc(-c5ccccc5)n4)c3)c2)nc2c1ccc1ccc(-c3ccccc3)nc12. The molecule has 0 fully saturated rings. The van der Waals surface area contributed by atoms with Crippen molar-refractivity contribution in [2.24, 2.45) is 0 Å². The maximum atomic E-state index is 5.31. The molecule has 0 aliphatic rings. The molecule has 0 saturated heterocycles. The van der Waals surface area contributed by atoms with Crippen molar-refractivity contribution in [2.75, 3.05) is 0 Å². The van der Waals surface area contributed by atoms with Crippen LogP contribution in [0.25, 0.3) is 89.4 Å². The highest BCUT2D eigenvalue weighted by Gasteiger charge is 2.14. The van der Waals surface area contributed by atoms with E-state index >= 15 is 0 Å². The van der Waals surface area contributed by atoms with E-state index in [-0.39, 0.29) is 0 Å². The fraction of sp³-hybridized carbons (Fsp3) is 0.0417. The summed E-state index contributed by atoms with van der Waals surface area (Å²) in [6, 6.07) is 61.0. The van der Waals surface area contributed by atoms with Gasteiger partial charge in [-0.05, 0) is 53.4 Å². The average molecular weight is 667 g/mol. The van der Waals surface area contributed by atoms with Crippen molar-refractivity contribution >= 4 is 21.8 Å². The Bertz CT molecular complexity index is 2650. The first-order valence-corrected chi connectivity index (χ1v) is 17.7. The zero-order valence-electron chi connectivity index (χ0n) is 28.7. The van der Waals surface area contributed by atoms with Crippen LogP contribution in [0.2, 0.25) is 0 Å². The van der Waals surface area contributed by atoms with Crippen molar-refractivity contribution < 1.29 is 0 Å². The molecule has 4 heteroatoms. The molecular formula is C48H34N4. The van der Waals surface area contributed by atoms with Crippen molar-refractivity contribution in [1.82, 2.24) is 19.9 Å². The van der Waals surface area contributed by atoms with Gasteiger partial charge in [0.05, 0.1) is 33.8 Å². The molecule has 9 aromatic rings. The fourth-order valence-corrected chi connectivity index (χ4v) is 6.94. The number of hydrogen-bond acceptors (Lipinski definition) is 4. The summed E-state index contributed by atoms with van der Waals surface area (Å²) in [7, 11) is 0. The molecule has 9 rings (SSSR count).